The smallest absolute Gasteiger partial charge is 0.264 e. The van der Waals surface area contributed by atoms with E-state index < -0.39 is 40.2 Å². The van der Waals surface area contributed by atoms with Gasteiger partial charge in [-0.3, -0.25) is 13.9 Å². The lowest BCUT2D eigenvalue weighted by Gasteiger charge is -2.34. The Bertz CT molecular complexity index is 1680. The second-order valence-electron chi connectivity index (χ2n) is 10.1. The maximum atomic E-state index is 14.4. The molecule has 2 amide bonds. The SMILES string of the molecule is CCNC(=O)C(Cc1ccccc1)N(Cc1c(Cl)cccc1Cl)C(=O)CN(c1ccc(C)cc1)S(=O)(=O)c1ccc(F)cc1. The number of hydrogen-bond donors (Lipinski definition) is 1. The molecule has 0 aliphatic heterocycles. The van der Waals surface area contributed by atoms with E-state index in [1.54, 1.807) is 49.4 Å². The van der Waals surface area contributed by atoms with Crippen molar-refractivity contribution in [2.45, 2.75) is 37.8 Å². The lowest BCUT2D eigenvalue weighted by molar-refractivity contribution is -0.140. The molecule has 0 bridgehead atoms. The highest BCUT2D eigenvalue weighted by Crippen LogP contribution is 2.29. The molecule has 0 aliphatic rings. The first kappa shape index (κ1) is 33.0. The van der Waals surface area contributed by atoms with Crippen LogP contribution in [0.1, 0.15) is 23.6 Å². The second kappa shape index (κ2) is 14.7. The van der Waals surface area contributed by atoms with Crippen molar-refractivity contribution in [3.8, 4) is 0 Å². The molecule has 0 saturated heterocycles. The van der Waals surface area contributed by atoms with Crippen LogP contribution in [0.5, 0.6) is 0 Å². The molecule has 0 spiro atoms. The van der Waals surface area contributed by atoms with E-state index >= 15 is 0 Å². The molecule has 4 rings (SSSR count). The molecule has 1 unspecified atom stereocenters. The molecule has 0 fully saturated rings. The minimum absolute atomic E-state index is 0.149. The van der Waals surface area contributed by atoms with Crippen molar-refractivity contribution in [2.24, 2.45) is 0 Å². The summed E-state index contributed by atoms with van der Waals surface area (Å²) >= 11 is 13.0. The summed E-state index contributed by atoms with van der Waals surface area (Å²) in [4.78, 5) is 29.1. The van der Waals surface area contributed by atoms with Crippen molar-refractivity contribution in [1.82, 2.24) is 10.2 Å². The summed E-state index contributed by atoms with van der Waals surface area (Å²) in [5.41, 5.74) is 2.31. The highest BCUT2D eigenvalue weighted by molar-refractivity contribution is 7.92. The highest BCUT2D eigenvalue weighted by atomic mass is 35.5. The number of halogens is 3. The maximum Gasteiger partial charge on any atom is 0.264 e. The van der Waals surface area contributed by atoms with Crippen LogP contribution >= 0.6 is 23.2 Å². The Kier molecular flexibility index (Phi) is 11.0. The van der Waals surface area contributed by atoms with E-state index in [-0.39, 0.29) is 23.5 Å². The zero-order valence-electron chi connectivity index (χ0n) is 24.2. The molecule has 0 saturated carbocycles. The third kappa shape index (κ3) is 7.96. The molecular formula is C33H32Cl2FN3O4S. The lowest BCUT2D eigenvalue weighted by atomic mass is 10.0. The van der Waals surface area contributed by atoms with Crippen molar-refractivity contribution in [2.75, 3.05) is 17.4 Å². The van der Waals surface area contributed by atoms with Crippen LogP contribution in [0.3, 0.4) is 0 Å². The molecule has 0 heterocycles. The van der Waals surface area contributed by atoms with E-state index in [2.05, 4.69) is 5.32 Å². The lowest BCUT2D eigenvalue weighted by Crippen LogP contribution is -2.53. The van der Waals surface area contributed by atoms with E-state index in [4.69, 9.17) is 23.2 Å². The first-order valence-corrected chi connectivity index (χ1v) is 16.1. The van der Waals surface area contributed by atoms with Crippen LogP contribution in [0.2, 0.25) is 10.0 Å². The zero-order valence-corrected chi connectivity index (χ0v) is 26.5. The van der Waals surface area contributed by atoms with Crippen LogP contribution in [0.25, 0.3) is 0 Å². The number of nitrogens with zero attached hydrogens (tertiary/aromatic N) is 2. The van der Waals surface area contributed by atoms with E-state index in [1.807, 2.05) is 37.3 Å². The average Bonchev–Trinajstić information content (AvgIpc) is 3.00. The van der Waals surface area contributed by atoms with Crippen molar-refractivity contribution < 1.29 is 22.4 Å². The van der Waals surface area contributed by atoms with Gasteiger partial charge in [-0.1, -0.05) is 77.3 Å². The Morgan fingerprint density at radius 3 is 2.07 bits per heavy atom. The Balaban J connectivity index is 1.82. The maximum absolute atomic E-state index is 14.4. The summed E-state index contributed by atoms with van der Waals surface area (Å²) in [5.74, 6) is -1.69. The standard InChI is InChI=1S/C33H32Cl2FN3O4S/c1-3-37-33(41)31(20-24-8-5-4-6-9-24)38(21-28-29(34)10-7-11-30(28)35)32(40)22-39(26-16-12-23(2)13-17-26)44(42,43)27-18-14-25(36)15-19-27/h4-19,31H,3,20-22H2,1-2H3,(H,37,41). The van der Waals surface area contributed by atoms with Crippen LogP contribution < -0.4 is 9.62 Å². The van der Waals surface area contributed by atoms with E-state index in [0.717, 1.165) is 39.7 Å². The van der Waals surface area contributed by atoms with Gasteiger partial charge >= 0.3 is 0 Å². The van der Waals surface area contributed by atoms with Crippen molar-refractivity contribution in [1.29, 1.82) is 0 Å². The third-order valence-electron chi connectivity index (χ3n) is 7.01. The van der Waals surface area contributed by atoms with Crippen LogP contribution in [-0.4, -0.2) is 44.3 Å². The van der Waals surface area contributed by atoms with Gasteiger partial charge in [0.05, 0.1) is 10.6 Å². The molecule has 4 aromatic carbocycles. The van der Waals surface area contributed by atoms with Gasteiger partial charge in [0.2, 0.25) is 11.8 Å². The van der Waals surface area contributed by atoms with Crippen molar-refractivity contribution in [3.05, 3.63) is 130 Å². The monoisotopic (exact) mass is 655 g/mol. The normalized spacial score (nSPS) is 11.9. The van der Waals surface area contributed by atoms with Gasteiger partial charge in [0, 0.05) is 35.1 Å². The van der Waals surface area contributed by atoms with Crippen LogP contribution in [-0.2, 0) is 32.6 Å². The second-order valence-corrected chi connectivity index (χ2v) is 12.8. The van der Waals surface area contributed by atoms with Gasteiger partial charge < -0.3 is 10.2 Å². The van der Waals surface area contributed by atoms with Crippen LogP contribution in [0, 0.1) is 12.7 Å². The third-order valence-corrected chi connectivity index (χ3v) is 9.51. The molecule has 0 aliphatic carbocycles. The van der Waals surface area contributed by atoms with E-state index in [1.165, 1.54) is 4.90 Å². The number of anilines is 1. The number of carbonyl (C=O) groups is 2. The molecular weight excluding hydrogens is 624 g/mol. The largest absolute Gasteiger partial charge is 0.355 e. The zero-order chi connectivity index (χ0) is 31.9. The number of benzene rings is 4. The topological polar surface area (TPSA) is 86.8 Å². The summed E-state index contributed by atoms with van der Waals surface area (Å²) in [6, 6.07) is 24.1. The molecule has 7 nitrogen and oxygen atoms in total. The Morgan fingerprint density at radius 2 is 1.48 bits per heavy atom. The van der Waals surface area contributed by atoms with Gasteiger partial charge in [-0.15, -0.1) is 0 Å². The van der Waals surface area contributed by atoms with Crippen molar-refractivity contribution >= 4 is 50.7 Å². The molecule has 11 heteroatoms. The molecule has 4 aromatic rings. The molecule has 0 radical (unpaired) electrons. The number of carbonyl (C=O) groups excluding carboxylic acids is 2. The van der Waals surface area contributed by atoms with Crippen LogP contribution in [0.15, 0.2) is 102 Å². The van der Waals surface area contributed by atoms with Gasteiger partial charge in [0.15, 0.2) is 0 Å². The molecule has 230 valence electrons. The number of likely N-dealkylation sites (N-methyl/N-ethyl adjacent to an activating group) is 1. The Hall–Kier alpha value is -3.92. The Labute approximate surface area is 267 Å². The minimum atomic E-state index is -4.35. The highest BCUT2D eigenvalue weighted by Gasteiger charge is 2.35. The number of rotatable bonds is 12. The van der Waals surface area contributed by atoms with Gasteiger partial charge in [-0.05, 0) is 67.9 Å². The average molecular weight is 657 g/mol. The fourth-order valence-electron chi connectivity index (χ4n) is 4.67. The van der Waals surface area contributed by atoms with Gasteiger partial charge in [0.1, 0.15) is 18.4 Å². The molecule has 0 aromatic heterocycles. The number of nitrogens with one attached hydrogen (secondary N) is 1. The molecule has 1 atom stereocenters. The fourth-order valence-corrected chi connectivity index (χ4v) is 6.60. The summed E-state index contributed by atoms with van der Waals surface area (Å²) in [5, 5.41) is 3.38. The number of sulfonamides is 1. The van der Waals surface area contributed by atoms with E-state index in [0.29, 0.717) is 22.2 Å². The fraction of sp³-hybridized carbons (Fsp3) is 0.212. The quantitative estimate of drug-likeness (QED) is 0.191. The first-order valence-electron chi connectivity index (χ1n) is 13.9. The number of aryl methyl sites for hydroxylation is 1. The van der Waals surface area contributed by atoms with Gasteiger partial charge in [0.25, 0.3) is 10.0 Å². The number of amides is 2. The van der Waals surface area contributed by atoms with Gasteiger partial charge in [-0.25, -0.2) is 12.8 Å². The predicted octanol–water partition coefficient (Wildman–Crippen LogP) is 6.41. The molecule has 1 N–H and O–H groups in total. The summed E-state index contributed by atoms with van der Waals surface area (Å²) in [6.45, 7) is 3.11. The first-order chi connectivity index (χ1) is 21.0. The summed E-state index contributed by atoms with van der Waals surface area (Å²) in [6.07, 6.45) is 0.149. The summed E-state index contributed by atoms with van der Waals surface area (Å²) in [7, 11) is -4.35. The predicted molar refractivity (Wildman–Crippen MR) is 172 cm³/mol. The van der Waals surface area contributed by atoms with Crippen molar-refractivity contribution in [3.63, 3.8) is 0 Å². The summed E-state index contributed by atoms with van der Waals surface area (Å²) < 4.78 is 42.6. The number of hydrogen-bond acceptors (Lipinski definition) is 4. The minimum Gasteiger partial charge on any atom is -0.355 e. The Morgan fingerprint density at radius 1 is 0.864 bits per heavy atom. The molecule has 44 heavy (non-hydrogen) atoms. The van der Waals surface area contributed by atoms with E-state index in [9.17, 15) is 22.4 Å². The van der Waals surface area contributed by atoms with Crippen LogP contribution in [0.4, 0.5) is 10.1 Å². The van der Waals surface area contributed by atoms with Gasteiger partial charge in [-0.2, -0.15) is 0 Å².